The molecule has 0 spiro atoms. The van der Waals surface area contributed by atoms with Gasteiger partial charge in [0.1, 0.15) is 0 Å². The summed E-state index contributed by atoms with van der Waals surface area (Å²) in [4.78, 5) is 9.64. The fourth-order valence-electron chi connectivity index (χ4n) is 2.15. The predicted molar refractivity (Wildman–Crippen MR) is 100 cm³/mol. The van der Waals surface area contributed by atoms with Gasteiger partial charge in [-0.2, -0.15) is 5.10 Å². The quantitative estimate of drug-likeness (QED) is 0.515. The molecule has 0 saturated heterocycles. The molecule has 1 aromatic carbocycles. The molecule has 0 aliphatic rings. The average Bonchev–Trinajstić information content (AvgIpc) is 3.02. The second-order valence-corrected chi connectivity index (χ2v) is 6.05. The largest absolute Gasteiger partial charge is 0.255 e. The van der Waals surface area contributed by atoms with E-state index in [4.69, 9.17) is 0 Å². The van der Waals surface area contributed by atoms with Gasteiger partial charge < -0.3 is 0 Å². The predicted octanol–water partition coefficient (Wildman–Crippen LogP) is 3.89. The number of nitrogens with zero attached hydrogens (tertiary/aromatic N) is 4. The average molecular weight is 334 g/mol. The maximum Gasteiger partial charge on any atom is 0.206 e. The molecule has 3 aromatic rings. The van der Waals surface area contributed by atoms with Crippen molar-refractivity contribution in [2.24, 2.45) is 10.1 Å². The van der Waals surface area contributed by atoms with Gasteiger partial charge in [-0.05, 0) is 19.1 Å². The summed E-state index contributed by atoms with van der Waals surface area (Å²) in [5.74, 6) is 0. The molecule has 0 atom stereocenters. The first-order valence-electron chi connectivity index (χ1n) is 7.62. The third-order valence-corrected chi connectivity index (χ3v) is 4.24. The fraction of sp³-hybridized carbons (Fsp3) is 0.105. The molecule has 2 heterocycles. The highest BCUT2D eigenvalue weighted by Crippen LogP contribution is 2.20. The Balaban J connectivity index is 2.06. The molecular formula is C19H18N4S. The van der Waals surface area contributed by atoms with E-state index in [1.54, 1.807) is 29.8 Å². The first-order valence-corrected chi connectivity index (χ1v) is 8.50. The van der Waals surface area contributed by atoms with Crippen LogP contribution in [-0.2, 0) is 0 Å². The number of rotatable bonds is 5. The van der Waals surface area contributed by atoms with Gasteiger partial charge in [0.15, 0.2) is 0 Å². The molecule has 3 rings (SSSR count). The van der Waals surface area contributed by atoms with Crippen molar-refractivity contribution >= 4 is 17.6 Å². The van der Waals surface area contributed by atoms with E-state index in [2.05, 4.69) is 58.2 Å². The Morgan fingerprint density at radius 3 is 2.75 bits per heavy atom. The van der Waals surface area contributed by atoms with E-state index in [9.17, 15) is 0 Å². The highest BCUT2D eigenvalue weighted by atomic mass is 32.1. The van der Waals surface area contributed by atoms with Crippen molar-refractivity contribution in [3.63, 3.8) is 0 Å². The minimum absolute atomic E-state index is 0.562. The number of aryl methyl sites for hydroxylation is 1. The molecule has 0 radical (unpaired) electrons. The van der Waals surface area contributed by atoms with Gasteiger partial charge in [-0.15, -0.1) is 17.9 Å². The Kier molecular flexibility index (Phi) is 5.13. The molecule has 0 saturated carbocycles. The van der Waals surface area contributed by atoms with Gasteiger partial charge >= 0.3 is 0 Å². The molecule has 0 N–H and O–H groups in total. The van der Waals surface area contributed by atoms with Crippen LogP contribution in [0.15, 0.2) is 76.8 Å². The van der Waals surface area contributed by atoms with E-state index < -0.39 is 0 Å². The minimum Gasteiger partial charge on any atom is -0.255 e. The number of hydrogen-bond donors (Lipinski definition) is 0. The van der Waals surface area contributed by atoms with E-state index in [0.717, 1.165) is 21.8 Å². The zero-order valence-corrected chi connectivity index (χ0v) is 14.3. The molecule has 2 aromatic heterocycles. The van der Waals surface area contributed by atoms with Crippen LogP contribution >= 0.6 is 11.3 Å². The summed E-state index contributed by atoms with van der Waals surface area (Å²) in [5, 5.41) is 6.67. The van der Waals surface area contributed by atoms with Gasteiger partial charge in [-0.25, -0.2) is 4.68 Å². The third kappa shape index (κ3) is 3.75. The van der Waals surface area contributed by atoms with Gasteiger partial charge in [-0.1, -0.05) is 42.0 Å². The smallest absolute Gasteiger partial charge is 0.206 e. The standard InChI is InChI=1S/C19H18N4S/c1-3-11-21-19-23(22-13-17-6-4-5-12-20-17)18(14-24-19)16-9-7-15(2)8-10-16/h3-10,12-14H,1,11H2,2H3/b21-19-,22-13+. The van der Waals surface area contributed by atoms with Crippen LogP contribution in [0.3, 0.4) is 0 Å². The summed E-state index contributed by atoms with van der Waals surface area (Å²) >= 11 is 1.56. The zero-order valence-electron chi connectivity index (χ0n) is 13.5. The van der Waals surface area contributed by atoms with Crippen molar-refractivity contribution in [3.05, 3.63) is 82.8 Å². The lowest BCUT2D eigenvalue weighted by Gasteiger charge is -2.04. The topological polar surface area (TPSA) is 42.5 Å². The van der Waals surface area contributed by atoms with Crippen LogP contribution < -0.4 is 4.80 Å². The summed E-state index contributed by atoms with van der Waals surface area (Å²) in [5.41, 5.74) is 4.15. The highest BCUT2D eigenvalue weighted by molar-refractivity contribution is 7.07. The van der Waals surface area contributed by atoms with Crippen molar-refractivity contribution in [2.45, 2.75) is 6.92 Å². The molecule has 120 valence electrons. The first-order chi connectivity index (χ1) is 11.8. The molecule has 5 heteroatoms. The Morgan fingerprint density at radius 2 is 2.04 bits per heavy atom. The summed E-state index contributed by atoms with van der Waals surface area (Å²) < 4.78 is 1.85. The second kappa shape index (κ2) is 7.66. The van der Waals surface area contributed by atoms with E-state index in [1.807, 2.05) is 22.9 Å². The van der Waals surface area contributed by atoms with Crippen LogP contribution in [-0.4, -0.2) is 22.4 Å². The molecule has 0 amide bonds. The van der Waals surface area contributed by atoms with Crippen molar-refractivity contribution in [1.82, 2.24) is 9.66 Å². The molecular weight excluding hydrogens is 316 g/mol. The lowest BCUT2D eigenvalue weighted by molar-refractivity contribution is 0.839. The Morgan fingerprint density at radius 1 is 1.21 bits per heavy atom. The van der Waals surface area contributed by atoms with E-state index in [1.165, 1.54) is 5.56 Å². The fourth-order valence-corrected chi connectivity index (χ4v) is 3.00. The van der Waals surface area contributed by atoms with Gasteiger partial charge in [-0.3, -0.25) is 9.98 Å². The summed E-state index contributed by atoms with van der Waals surface area (Å²) in [7, 11) is 0. The molecule has 0 aliphatic carbocycles. The zero-order chi connectivity index (χ0) is 16.8. The SMILES string of the molecule is C=CC/N=c1\scc(-c2ccc(C)cc2)n1/N=C/c1ccccn1. The molecule has 0 bridgehead atoms. The maximum absolute atomic E-state index is 4.60. The van der Waals surface area contributed by atoms with Crippen LogP contribution in [0.2, 0.25) is 0 Å². The van der Waals surface area contributed by atoms with Crippen molar-refractivity contribution in [2.75, 3.05) is 6.54 Å². The first kappa shape index (κ1) is 16.1. The minimum atomic E-state index is 0.562. The monoisotopic (exact) mass is 334 g/mol. The third-order valence-electron chi connectivity index (χ3n) is 3.38. The van der Waals surface area contributed by atoms with Crippen LogP contribution in [0.5, 0.6) is 0 Å². The number of thiazole rings is 1. The molecule has 0 unspecified atom stereocenters. The number of benzene rings is 1. The Hall–Kier alpha value is -2.79. The van der Waals surface area contributed by atoms with Gasteiger partial charge in [0.05, 0.1) is 24.1 Å². The van der Waals surface area contributed by atoms with Gasteiger partial charge in [0.25, 0.3) is 0 Å². The highest BCUT2D eigenvalue weighted by Gasteiger charge is 2.07. The summed E-state index contributed by atoms with van der Waals surface area (Å²) in [6.45, 7) is 6.37. The van der Waals surface area contributed by atoms with Crippen molar-refractivity contribution in [1.29, 1.82) is 0 Å². The number of hydrogen-bond acceptors (Lipinski definition) is 4. The van der Waals surface area contributed by atoms with Crippen LogP contribution in [0.25, 0.3) is 11.3 Å². The van der Waals surface area contributed by atoms with E-state index in [0.29, 0.717) is 6.54 Å². The van der Waals surface area contributed by atoms with E-state index >= 15 is 0 Å². The Bertz CT molecular complexity index is 903. The van der Waals surface area contributed by atoms with Gasteiger partial charge in [0, 0.05) is 17.1 Å². The second-order valence-electron chi connectivity index (χ2n) is 5.21. The Labute approximate surface area is 145 Å². The normalized spacial score (nSPS) is 12.0. The number of aromatic nitrogens is 2. The summed E-state index contributed by atoms with van der Waals surface area (Å²) in [6.07, 6.45) is 5.28. The lowest BCUT2D eigenvalue weighted by Crippen LogP contribution is -2.12. The van der Waals surface area contributed by atoms with Gasteiger partial charge in [0.2, 0.25) is 4.80 Å². The van der Waals surface area contributed by atoms with Crippen molar-refractivity contribution < 1.29 is 0 Å². The molecule has 4 nitrogen and oxygen atoms in total. The molecule has 0 aliphatic heterocycles. The van der Waals surface area contributed by atoms with E-state index in [-0.39, 0.29) is 0 Å². The van der Waals surface area contributed by atoms with Crippen molar-refractivity contribution in [3.8, 4) is 11.3 Å². The van der Waals surface area contributed by atoms with Crippen LogP contribution in [0.1, 0.15) is 11.3 Å². The maximum atomic E-state index is 4.60. The lowest BCUT2D eigenvalue weighted by atomic mass is 10.1. The molecule has 0 fully saturated rings. The van der Waals surface area contributed by atoms with Crippen LogP contribution in [0.4, 0.5) is 0 Å². The molecule has 24 heavy (non-hydrogen) atoms. The number of pyridine rings is 1. The summed E-state index contributed by atoms with van der Waals surface area (Å²) in [6, 6.07) is 14.1. The van der Waals surface area contributed by atoms with Crippen LogP contribution in [0, 0.1) is 6.92 Å².